The van der Waals surface area contributed by atoms with Crippen LogP contribution in [0.3, 0.4) is 0 Å². The fraction of sp³-hybridized carbons (Fsp3) is 0.583. The maximum atomic E-state index is 13.4. The van der Waals surface area contributed by atoms with E-state index < -0.39 is 23.8 Å². The zero-order valence-corrected chi connectivity index (χ0v) is 48.2. The Kier molecular flexibility index (Phi) is 34.9. The van der Waals surface area contributed by atoms with Crippen LogP contribution in [0.1, 0.15) is 74.5 Å². The average Bonchev–Trinajstić information content (AvgIpc) is 3.98. The van der Waals surface area contributed by atoms with E-state index in [0.717, 1.165) is 53.7 Å². The maximum Gasteiger partial charge on any atom is 0.407 e. The van der Waals surface area contributed by atoms with Crippen molar-refractivity contribution in [1.82, 2.24) is 25.9 Å². The predicted octanol–water partition coefficient (Wildman–Crippen LogP) is 3.18. The number of ether oxygens (including phenoxy) is 10. The third-order valence-corrected chi connectivity index (χ3v) is 12.9. The minimum atomic E-state index is -0.435. The first-order chi connectivity index (χ1) is 41.2. The summed E-state index contributed by atoms with van der Waals surface area (Å²) in [7, 11) is 0. The molecule has 24 heteroatoms. The highest BCUT2D eigenvalue weighted by molar-refractivity contribution is 6.13. The molecule has 2 aliphatic heterocycles. The van der Waals surface area contributed by atoms with Crippen molar-refractivity contribution in [3.05, 3.63) is 89.5 Å². The second-order valence-corrected chi connectivity index (χ2v) is 19.1. The minimum absolute atomic E-state index is 0.0139. The van der Waals surface area contributed by atoms with Gasteiger partial charge in [0.25, 0.3) is 11.8 Å². The highest BCUT2D eigenvalue weighted by atomic mass is 16.7. The molecule has 0 saturated heterocycles. The van der Waals surface area contributed by atoms with E-state index >= 15 is 0 Å². The van der Waals surface area contributed by atoms with Gasteiger partial charge in [0.2, 0.25) is 23.6 Å². The normalized spacial score (nSPS) is 14.9. The Morgan fingerprint density at radius 1 is 0.536 bits per heavy atom. The van der Waals surface area contributed by atoms with Gasteiger partial charge >= 0.3 is 6.09 Å². The van der Waals surface area contributed by atoms with Crippen LogP contribution in [-0.4, -0.2) is 216 Å². The van der Waals surface area contributed by atoms with E-state index in [4.69, 9.17) is 52.2 Å². The molecule has 2 aromatic carbocycles. The molecule has 3 N–H and O–H groups in total. The Morgan fingerprint density at radius 3 is 1.73 bits per heavy atom. The number of anilines is 1. The number of fused-ring (bicyclic) bond motifs is 2. The number of alkyl carbamates (subject to hydrolysis) is 1. The Labute approximate surface area is 492 Å². The van der Waals surface area contributed by atoms with Crippen molar-refractivity contribution >= 4 is 47.2 Å². The number of hydrogen-bond acceptors (Lipinski definition) is 18. The summed E-state index contributed by atoms with van der Waals surface area (Å²) in [5.41, 5.74) is 5.59. The van der Waals surface area contributed by atoms with Crippen LogP contribution in [-0.2, 0) is 87.5 Å². The standard InChI is InChI=1S/C60H84N6O18/c67-54(22-26-65-57(70)20-21-58(65)71)61-24-30-75-35-40-81-45-44-79-39-34-74-29-23-56(69)64(27-32-77-37-42-80-41-36-76-31-25-62-60(73)84-52-13-4-2-1-3-5-14-52)28-33-78-38-43-82-46-47-83-63-55(68)18-19-59(72)66-48-51-12-7-6-10-49(51)16-17-50-11-8-9-15-53(50)66/h1-2,6-12,15,20-21,52H,3-5,13-14,18-19,22-48H2,(H,61,67)(H,62,73)(H,63,68)/b2-1+/t52-/m0/s1. The van der Waals surface area contributed by atoms with Crippen molar-refractivity contribution in [3.8, 4) is 11.8 Å². The van der Waals surface area contributed by atoms with Crippen LogP contribution in [0.25, 0.3) is 0 Å². The van der Waals surface area contributed by atoms with E-state index in [2.05, 4.69) is 40.1 Å². The first kappa shape index (κ1) is 68.2. The van der Waals surface area contributed by atoms with E-state index in [9.17, 15) is 33.6 Å². The van der Waals surface area contributed by atoms with Crippen LogP contribution in [0.2, 0.25) is 0 Å². The number of carbonyl (C=O) groups is 7. The molecular weight excluding hydrogens is 1090 g/mol. The van der Waals surface area contributed by atoms with Crippen LogP contribution >= 0.6 is 0 Å². The molecule has 0 spiro atoms. The number of hydroxylamine groups is 1. The van der Waals surface area contributed by atoms with Crippen LogP contribution in [0.15, 0.2) is 72.8 Å². The van der Waals surface area contributed by atoms with Crippen molar-refractivity contribution in [3.63, 3.8) is 0 Å². The number of carbonyl (C=O) groups excluding carboxylic acids is 7. The number of para-hydroxylation sites is 1. The molecular formula is C60H84N6O18. The molecule has 462 valence electrons. The monoisotopic (exact) mass is 1180 g/mol. The summed E-state index contributed by atoms with van der Waals surface area (Å²) in [4.78, 5) is 96.2. The smallest absolute Gasteiger partial charge is 0.407 e. The lowest BCUT2D eigenvalue weighted by Crippen LogP contribution is -2.37. The summed E-state index contributed by atoms with van der Waals surface area (Å²) in [6, 6.07) is 15.2. The van der Waals surface area contributed by atoms with Crippen LogP contribution in [0.5, 0.6) is 0 Å². The SMILES string of the molecule is O=C(CCN1C(=O)C=CC1=O)NCCOCCOCCOCCOCCC(=O)N(CCOCCOCCOCCNC(=O)O[C@H]1CC/C=C/CCC1)CCOCCOCCONC(=O)CCC(=O)N1Cc2ccccc2C#Cc2ccccc21. The first-order valence-corrected chi connectivity index (χ1v) is 28.9. The number of nitrogens with zero attached hydrogens (tertiary/aromatic N) is 3. The van der Waals surface area contributed by atoms with E-state index in [-0.39, 0.29) is 122 Å². The van der Waals surface area contributed by atoms with Crippen LogP contribution in [0, 0.1) is 11.8 Å². The lowest BCUT2D eigenvalue weighted by molar-refractivity contribution is -0.138. The van der Waals surface area contributed by atoms with E-state index in [1.54, 1.807) is 9.80 Å². The molecule has 0 fully saturated rings. The van der Waals surface area contributed by atoms with Crippen molar-refractivity contribution in [2.75, 3.05) is 163 Å². The second kappa shape index (κ2) is 43.1. The zero-order chi connectivity index (χ0) is 59.5. The molecule has 0 bridgehead atoms. The van der Waals surface area contributed by atoms with Gasteiger partial charge in [-0.25, -0.2) is 10.3 Å². The van der Waals surface area contributed by atoms with Gasteiger partial charge in [-0.1, -0.05) is 54.3 Å². The zero-order valence-electron chi connectivity index (χ0n) is 48.2. The number of imide groups is 1. The number of rotatable bonds is 44. The molecule has 2 aromatic rings. The van der Waals surface area contributed by atoms with Crippen molar-refractivity contribution in [1.29, 1.82) is 0 Å². The minimum Gasteiger partial charge on any atom is -0.446 e. The molecule has 0 radical (unpaired) electrons. The summed E-state index contributed by atoms with van der Waals surface area (Å²) < 4.78 is 56.0. The summed E-state index contributed by atoms with van der Waals surface area (Å²) in [6.07, 6.45) is 10.8. The molecule has 1 atom stereocenters. The molecule has 3 aliphatic rings. The van der Waals surface area contributed by atoms with Gasteiger partial charge in [0.15, 0.2) is 0 Å². The highest BCUT2D eigenvalue weighted by Crippen LogP contribution is 2.26. The van der Waals surface area contributed by atoms with Crippen molar-refractivity contribution in [2.45, 2.75) is 70.4 Å². The van der Waals surface area contributed by atoms with Gasteiger partial charge in [-0.15, -0.1) is 0 Å². The quantitative estimate of drug-likeness (QED) is 0.0283. The molecule has 1 aliphatic carbocycles. The predicted molar refractivity (Wildman–Crippen MR) is 306 cm³/mol. The third kappa shape index (κ3) is 29.3. The molecule has 0 aromatic heterocycles. The fourth-order valence-corrected chi connectivity index (χ4v) is 8.38. The Balaban J connectivity index is 0.873. The number of benzene rings is 2. The van der Waals surface area contributed by atoms with Gasteiger partial charge in [-0.3, -0.25) is 38.5 Å². The van der Waals surface area contributed by atoms with Gasteiger partial charge < -0.3 is 67.8 Å². The summed E-state index contributed by atoms with van der Waals surface area (Å²) in [5.74, 6) is 4.46. The molecule has 0 unspecified atom stereocenters. The van der Waals surface area contributed by atoms with Gasteiger partial charge in [-0.2, -0.15) is 0 Å². The summed E-state index contributed by atoms with van der Waals surface area (Å²) >= 11 is 0. The first-order valence-electron chi connectivity index (χ1n) is 28.9. The largest absolute Gasteiger partial charge is 0.446 e. The Hall–Kier alpha value is -6.63. The van der Waals surface area contributed by atoms with Gasteiger partial charge in [0.05, 0.1) is 144 Å². The maximum absolute atomic E-state index is 13.4. The number of allylic oxidation sites excluding steroid dienone is 2. The summed E-state index contributed by atoms with van der Waals surface area (Å²) in [6.45, 7) is 6.94. The van der Waals surface area contributed by atoms with Gasteiger partial charge in [0.1, 0.15) is 6.10 Å². The molecule has 0 saturated carbocycles. The fourth-order valence-electron chi connectivity index (χ4n) is 8.38. The van der Waals surface area contributed by atoms with Crippen molar-refractivity contribution in [2.24, 2.45) is 0 Å². The van der Waals surface area contributed by atoms with Gasteiger partial charge in [-0.05, 0) is 55.9 Å². The lowest BCUT2D eigenvalue weighted by atomic mass is 10.0. The number of amides is 7. The lowest BCUT2D eigenvalue weighted by Gasteiger charge is -2.26. The average molecular weight is 1180 g/mol. The van der Waals surface area contributed by atoms with E-state index in [1.807, 2.05) is 48.5 Å². The summed E-state index contributed by atoms with van der Waals surface area (Å²) in [5, 5.41) is 5.41. The third-order valence-electron chi connectivity index (χ3n) is 12.9. The molecule has 7 amide bonds. The number of hydrogen-bond donors (Lipinski definition) is 3. The van der Waals surface area contributed by atoms with Crippen LogP contribution < -0.4 is 21.0 Å². The highest BCUT2D eigenvalue weighted by Gasteiger charge is 2.24. The Morgan fingerprint density at radius 2 is 1.07 bits per heavy atom. The Bertz CT molecular complexity index is 2410. The topological polar surface area (TPSA) is 267 Å². The van der Waals surface area contributed by atoms with E-state index in [1.165, 1.54) is 12.2 Å². The second-order valence-electron chi connectivity index (χ2n) is 19.1. The van der Waals surface area contributed by atoms with Crippen LogP contribution in [0.4, 0.5) is 10.5 Å². The van der Waals surface area contributed by atoms with Crippen molar-refractivity contribution < 1.29 is 85.8 Å². The molecule has 84 heavy (non-hydrogen) atoms. The van der Waals surface area contributed by atoms with Gasteiger partial charge in [0, 0.05) is 75.3 Å². The molecule has 24 nitrogen and oxygen atoms in total. The number of nitrogens with one attached hydrogen (secondary N) is 3. The van der Waals surface area contributed by atoms with E-state index in [0.29, 0.717) is 97.9 Å². The molecule has 5 rings (SSSR count). The molecule has 2 heterocycles.